The van der Waals surface area contributed by atoms with E-state index in [0.29, 0.717) is 12.2 Å². The van der Waals surface area contributed by atoms with E-state index in [-0.39, 0.29) is 11.9 Å². The van der Waals surface area contributed by atoms with Crippen LogP contribution in [0.15, 0.2) is 47.1 Å². The van der Waals surface area contributed by atoms with Crippen LogP contribution in [0.3, 0.4) is 0 Å². The minimum Gasteiger partial charge on any atom is -0.475 e. The fourth-order valence-corrected chi connectivity index (χ4v) is 2.76. The second-order valence-corrected chi connectivity index (χ2v) is 6.61. The molecule has 2 aromatic carbocycles. The van der Waals surface area contributed by atoms with E-state index in [9.17, 15) is 17.6 Å². The van der Waals surface area contributed by atoms with Gasteiger partial charge in [-0.3, -0.25) is 4.90 Å². The van der Waals surface area contributed by atoms with Crippen molar-refractivity contribution in [1.82, 2.24) is 15.2 Å². The van der Waals surface area contributed by atoms with Crippen LogP contribution in [0.1, 0.15) is 11.1 Å². The SMILES string of the molecule is Fc1ccccc1COC1CN(Cc2ccc3nonc3c2)C1.O=C(O)C(F)(F)F. The largest absolute Gasteiger partial charge is 0.490 e. The van der Waals surface area contributed by atoms with Crippen molar-refractivity contribution in [1.29, 1.82) is 0 Å². The first-order valence-corrected chi connectivity index (χ1v) is 8.81. The van der Waals surface area contributed by atoms with E-state index in [1.54, 1.807) is 12.1 Å². The van der Waals surface area contributed by atoms with Gasteiger partial charge in [-0.15, -0.1) is 0 Å². The lowest BCUT2D eigenvalue weighted by atomic mass is 10.1. The van der Waals surface area contributed by atoms with Crippen molar-refractivity contribution >= 4 is 17.0 Å². The van der Waals surface area contributed by atoms with Crippen molar-refractivity contribution in [3.63, 3.8) is 0 Å². The zero-order valence-electron chi connectivity index (χ0n) is 15.5. The molecule has 160 valence electrons. The highest BCUT2D eigenvalue weighted by atomic mass is 19.4. The molecule has 0 radical (unpaired) electrons. The lowest BCUT2D eigenvalue weighted by Gasteiger charge is -2.39. The highest BCUT2D eigenvalue weighted by molar-refractivity contribution is 5.73. The second-order valence-electron chi connectivity index (χ2n) is 6.61. The van der Waals surface area contributed by atoms with Gasteiger partial charge in [0.1, 0.15) is 16.9 Å². The molecule has 1 fully saturated rings. The highest BCUT2D eigenvalue weighted by Gasteiger charge is 2.38. The van der Waals surface area contributed by atoms with Gasteiger partial charge in [0.2, 0.25) is 0 Å². The standard InChI is InChI=1S/C17H16FN3O2.C2HF3O2/c18-15-4-2-1-3-13(15)11-22-14-9-21(10-14)8-12-5-6-16-17(7-12)20-23-19-16;3-2(4,5)1(6)7/h1-7,14H,8-11H2;(H,6,7). The van der Waals surface area contributed by atoms with Crippen molar-refractivity contribution in [3.8, 4) is 0 Å². The topological polar surface area (TPSA) is 88.7 Å². The summed E-state index contributed by atoms with van der Waals surface area (Å²) in [6.07, 6.45) is -4.92. The number of carboxylic acid groups (broad SMARTS) is 1. The summed E-state index contributed by atoms with van der Waals surface area (Å²) in [5.41, 5.74) is 3.31. The predicted molar refractivity (Wildman–Crippen MR) is 95.7 cm³/mol. The molecular weight excluding hydrogens is 410 g/mol. The number of ether oxygens (including phenoxy) is 1. The summed E-state index contributed by atoms with van der Waals surface area (Å²) in [5, 5.41) is 14.8. The zero-order valence-corrected chi connectivity index (χ0v) is 15.5. The monoisotopic (exact) mass is 427 g/mol. The van der Waals surface area contributed by atoms with Crippen LogP contribution >= 0.6 is 0 Å². The Hall–Kier alpha value is -3.05. The number of likely N-dealkylation sites (tertiary alicyclic amines) is 1. The van der Waals surface area contributed by atoms with Crippen LogP contribution in [0, 0.1) is 5.82 Å². The van der Waals surface area contributed by atoms with Crippen LogP contribution in [-0.4, -0.2) is 51.7 Å². The van der Waals surface area contributed by atoms with E-state index in [1.807, 2.05) is 24.3 Å². The molecule has 1 aromatic heterocycles. The fraction of sp³-hybridized carbons (Fsp3) is 0.316. The van der Waals surface area contributed by atoms with E-state index >= 15 is 0 Å². The van der Waals surface area contributed by atoms with E-state index < -0.39 is 12.1 Å². The Labute approximate surface area is 167 Å². The third-order valence-corrected chi connectivity index (χ3v) is 4.32. The Kier molecular flexibility index (Phi) is 6.63. The van der Waals surface area contributed by atoms with Gasteiger partial charge in [-0.1, -0.05) is 24.3 Å². The third kappa shape index (κ3) is 5.74. The summed E-state index contributed by atoms with van der Waals surface area (Å²) in [6, 6.07) is 12.6. The quantitative estimate of drug-likeness (QED) is 0.625. The number of fused-ring (bicyclic) bond motifs is 1. The summed E-state index contributed by atoms with van der Waals surface area (Å²) in [4.78, 5) is 11.2. The molecule has 4 rings (SSSR count). The van der Waals surface area contributed by atoms with Crippen LogP contribution in [0.4, 0.5) is 17.6 Å². The van der Waals surface area contributed by atoms with E-state index in [4.69, 9.17) is 19.3 Å². The van der Waals surface area contributed by atoms with Gasteiger partial charge < -0.3 is 9.84 Å². The van der Waals surface area contributed by atoms with Gasteiger partial charge in [-0.25, -0.2) is 13.8 Å². The number of aromatic nitrogens is 2. The number of benzene rings is 2. The minimum atomic E-state index is -5.08. The number of hydrogen-bond donors (Lipinski definition) is 1. The molecule has 0 unspecified atom stereocenters. The number of carbonyl (C=O) groups is 1. The van der Waals surface area contributed by atoms with Gasteiger partial charge in [0.15, 0.2) is 0 Å². The molecule has 3 aromatic rings. The maximum atomic E-state index is 13.5. The van der Waals surface area contributed by atoms with Gasteiger partial charge in [0.05, 0.1) is 12.7 Å². The molecule has 0 amide bonds. The Morgan fingerprint density at radius 3 is 2.50 bits per heavy atom. The molecule has 0 aliphatic carbocycles. The van der Waals surface area contributed by atoms with E-state index in [0.717, 1.165) is 30.7 Å². The lowest BCUT2D eigenvalue weighted by molar-refractivity contribution is -0.192. The molecule has 1 saturated heterocycles. The summed E-state index contributed by atoms with van der Waals surface area (Å²) < 4.78 is 55.7. The van der Waals surface area contributed by atoms with Gasteiger partial charge in [-0.05, 0) is 34.1 Å². The number of nitrogens with zero attached hydrogens (tertiary/aromatic N) is 3. The summed E-state index contributed by atoms with van der Waals surface area (Å²) in [5.74, 6) is -2.97. The fourth-order valence-electron chi connectivity index (χ4n) is 2.76. The van der Waals surface area contributed by atoms with Crippen LogP contribution in [0.2, 0.25) is 0 Å². The average molecular weight is 427 g/mol. The van der Waals surface area contributed by atoms with Crippen molar-refractivity contribution in [2.75, 3.05) is 13.1 Å². The van der Waals surface area contributed by atoms with Crippen LogP contribution in [0.25, 0.3) is 11.0 Å². The first-order chi connectivity index (χ1) is 14.2. The molecule has 0 atom stereocenters. The molecule has 0 bridgehead atoms. The number of hydrogen-bond acceptors (Lipinski definition) is 6. The van der Waals surface area contributed by atoms with Gasteiger partial charge in [0.25, 0.3) is 0 Å². The van der Waals surface area contributed by atoms with E-state index in [1.165, 1.54) is 11.6 Å². The molecule has 0 spiro atoms. The molecule has 0 saturated carbocycles. The maximum Gasteiger partial charge on any atom is 0.490 e. The molecule has 7 nitrogen and oxygen atoms in total. The molecular formula is C19H17F4N3O4. The molecule has 1 aliphatic rings. The van der Waals surface area contributed by atoms with Crippen molar-refractivity contribution < 1.29 is 36.8 Å². The molecule has 2 heterocycles. The molecule has 30 heavy (non-hydrogen) atoms. The maximum absolute atomic E-state index is 13.5. The number of aliphatic carboxylic acids is 1. The average Bonchev–Trinajstić information content (AvgIpc) is 3.12. The Morgan fingerprint density at radius 2 is 1.83 bits per heavy atom. The highest BCUT2D eigenvalue weighted by Crippen LogP contribution is 2.20. The summed E-state index contributed by atoms with van der Waals surface area (Å²) >= 11 is 0. The van der Waals surface area contributed by atoms with Gasteiger partial charge in [0, 0.05) is 25.2 Å². The van der Waals surface area contributed by atoms with Crippen LogP contribution in [-0.2, 0) is 22.7 Å². The number of rotatable bonds is 5. The predicted octanol–water partition coefficient (Wildman–Crippen LogP) is 3.40. The third-order valence-electron chi connectivity index (χ3n) is 4.32. The van der Waals surface area contributed by atoms with Crippen molar-refractivity contribution in [2.45, 2.75) is 25.4 Å². The van der Waals surface area contributed by atoms with Crippen LogP contribution in [0.5, 0.6) is 0 Å². The number of carboxylic acids is 1. The Bertz CT molecular complexity index is 1000. The van der Waals surface area contributed by atoms with Gasteiger partial charge >= 0.3 is 12.1 Å². The number of halogens is 4. The first-order valence-electron chi connectivity index (χ1n) is 8.81. The minimum absolute atomic E-state index is 0.159. The number of alkyl halides is 3. The van der Waals surface area contributed by atoms with Crippen molar-refractivity contribution in [3.05, 3.63) is 59.4 Å². The van der Waals surface area contributed by atoms with Crippen LogP contribution < -0.4 is 0 Å². The molecule has 11 heteroatoms. The molecule has 1 N–H and O–H groups in total. The van der Waals surface area contributed by atoms with Gasteiger partial charge in [-0.2, -0.15) is 13.2 Å². The zero-order chi connectivity index (χ0) is 21.7. The second kappa shape index (κ2) is 9.18. The van der Waals surface area contributed by atoms with E-state index in [2.05, 4.69) is 15.2 Å². The smallest absolute Gasteiger partial charge is 0.475 e. The Balaban J connectivity index is 0.000000318. The summed E-state index contributed by atoms with van der Waals surface area (Å²) in [6.45, 7) is 2.86. The molecule has 1 aliphatic heterocycles. The normalized spacial score (nSPS) is 14.8. The first kappa shape index (κ1) is 21.7. The summed E-state index contributed by atoms with van der Waals surface area (Å²) in [7, 11) is 0. The van der Waals surface area contributed by atoms with Crippen molar-refractivity contribution in [2.24, 2.45) is 0 Å². The lowest BCUT2D eigenvalue weighted by Crippen LogP contribution is -2.51. The Morgan fingerprint density at radius 1 is 1.17 bits per heavy atom.